The number of nitrogens with two attached hydrogens (primary N) is 1. The van der Waals surface area contributed by atoms with E-state index in [-0.39, 0.29) is 16.7 Å². The van der Waals surface area contributed by atoms with Gasteiger partial charge in [-0.25, -0.2) is 4.98 Å². The van der Waals surface area contributed by atoms with E-state index in [1.165, 1.54) is 5.39 Å². The fraction of sp³-hybridized carbons (Fsp3) is 0.579. The topological polar surface area (TPSA) is 72.9 Å². The number of nitrogens with zero attached hydrogens (tertiary/aromatic N) is 2. The molecule has 2 aromatic heterocycles. The third kappa shape index (κ3) is 3.85. The van der Waals surface area contributed by atoms with Crippen LogP contribution in [0.5, 0.6) is 0 Å². The third-order valence-electron chi connectivity index (χ3n) is 5.47. The molecule has 1 saturated carbocycles. The Labute approximate surface area is 153 Å². The first-order valence-electron chi connectivity index (χ1n) is 8.95. The summed E-state index contributed by atoms with van der Waals surface area (Å²) in [6.45, 7) is 4.03. The van der Waals surface area contributed by atoms with Gasteiger partial charge in [-0.1, -0.05) is 0 Å². The fourth-order valence-corrected chi connectivity index (χ4v) is 3.87. The lowest BCUT2D eigenvalue weighted by molar-refractivity contribution is -0.123. The Morgan fingerprint density at radius 3 is 2.76 bits per heavy atom. The van der Waals surface area contributed by atoms with Crippen LogP contribution < -0.4 is 11.1 Å². The molecule has 6 heteroatoms. The molecule has 0 radical (unpaired) electrons. The smallest absolute Gasteiger partial charge is 0.238 e. The summed E-state index contributed by atoms with van der Waals surface area (Å²) >= 11 is 1.63. The average molecular weight is 361 g/mol. The summed E-state index contributed by atoms with van der Waals surface area (Å²) in [7, 11) is 0. The highest BCUT2D eigenvalue weighted by atomic mass is 32.2. The van der Waals surface area contributed by atoms with Crippen LogP contribution >= 0.6 is 11.8 Å². The van der Waals surface area contributed by atoms with Crippen LogP contribution in [0.25, 0.3) is 11.0 Å². The monoisotopic (exact) mass is 360 g/mol. The van der Waals surface area contributed by atoms with Crippen molar-refractivity contribution in [2.45, 2.75) is 62.4 Å². The normalized spacial score (nSPS) is 22.7. The zero-order chi connectivity index (χ0) is 18.0. The molecule has 25 heavy (non-hydrogen) atoms. The van der Waals surface area contributed by atoms with Gasteiger partial charge in [-0.2, -0.15) is 11.8 Å². The zero-order valence-corrected chi connectivity index (χ0v) is 16.1. The molecule has 0 bridgehead atoms. The number of nitrogens with one attached hydrogen (secondary N) is 1. The number of pyridine rings is 1. The largest absolute Gasteiger partial charge is 0.352 e. The van der Waals surface area contributed by atoms with E-state index in [1.807, 2.05) is 32.4 Å². The second kappa shape index (κ2) is 7.38. The van der Waals surface area contributed by atoms with Gasteiger partial charge in [-0.15, -0.1) is 0 Å². The van der Waals surface area contributed by atoms with Gasteiger partial charge in [0.25, 0.3) is 0 Å². The van der Waals surface area contributed by atoms with E-state index in [4.69, 9.17) is 5.73 Å². The molecule has 0 spiro atoms. The number of carbonyl (C=O) groups excluding carboxylic acids is 1. The number of hydrogen-bond acceptors (Lipinski definition) is 4. The van der Waals surface area contributed by atoms with Gasteiger partial charge in [0, 0.05) is 34.6 Å². The lowest BCUT2D eigenvalue weighted by Gasteiger charge is -2.33. The van der Waals surface area contributed by atoms with Gasteiger partial charge in [0.1, 0.15) is 5.65 Å². The van der Waals surface area contributed by atoms with Crippen LogP contribution in [0.15, 0.2) is 30.6 Å². The number of thioether (sulfide) groups is 1. The number of fused-ring (bicyclic) bond motifs is 1. The van der Waals surface area contributed by atoms with Gasteiger partial charge in [-0.3, -0.25) is 4.79 Å². The van der Waals surface area contributed by atoms with Crippen molar-refractivity contribution in [1.82, 2.24) is 14.9 Å². The Kier molecular flexibility index (Phi) is 5.39. The summed E-state index contributed by atoms with van der Waals surface area (Å²) < 4.78 is 2.03. The third-order valence-corrected chi connectivity index (χ3v) is 6.78. The maximum Gasteiger partial charge on any atom is 0.238 e. The van der Waals surface area contributed by atoms with Gasteiger partial charge in [-0.05, 0) is 64.0 Å². The van der Waals surface area contributed by atoms with Gasteiger partial charge in [0.2, 0.25) is 5.91 Å². The molecule has 1 aliphatic carbocycles. The first-order chi connectivity index (χ1) is 11.9. The molecule has 3 N–H and O–H groups in total. The Hall–Kier alpha value is -1.53. The zero-order valence-electron chi connectivity index (χ0n) is 15.2. The van der Waals surface area contributed by atoms with E-state index in [9.17, 15) is 4.79 Å². The SMILES string of the molecule is CSC(C)(C)[C@H](N)C(=O)NC1CCC(n2ccc3cccnc32)CC1. The summed E-state index contributed by atoms with van der Waals surface area (Å²) in [6, 6.07) is 6.38. The highest BCUT2D eigenvalue weighted by Gasteiger charge is 2.33. The molecular weight excluding hydrogens is 332 g/mol. The molecule has 0 unspecified atom stereocenters. The molecule has 1 amide bonds. The molecule has 3 rings (SSSR count). The summed E-state index contributed by atoms with van der Waals surface area (Å²) in [4.78, 5) is 17.0. The summed E-state index contributed by atoms with van der Waals surface area (Å²) in [5.74, 6) is -0.0316. The number of rotatable bonds is 5. The number of aromatic nitrogens is 2. The predicted molar refractivity (Wildman–Crippen MR) is 105 cm³/mol. The second-order valence-electron chi connectivity index (χ2n) is 7.44. The summed E-state index contributed by atoms with van der Waals surface area (Å²) in [6.07, 6.45) is 10.0. The first kappa shape index (κ1) is 18.3. The van der Waals surface area contributed by atoms with Gasteiger partial charge < -0.3 is 15.6 Å². The molecule has 136 valence electrons. The van der Waals surface area contributed by atoms with Crippen molar-refractivity contribution in [3.8, 4) is 0 Å². The van der Waals surface area contributed by atoms with Crippen LogP contribution in [-0.4, -0.2) is 38.5 Å². The molecule has 5 nitrogen and oxygen atoms in total. The van der Waals surface area contributed by atoms with Crippen molar-refractivity contribution in [2.24, 2.45) is 5.73 Å². The van der Waals surface area contributed by atoms with E-state index in [2.05, 4.69) is 33.2 Å². The minimum absolute atomic E-state index is 0.0316. The van der Waals surface area contributed by atoms with Crippen LogP contribution in [0.4, 0.5) is 0 Å². The molecule has 2 heterocycles. The van der Waals surface area contributed by atoms with Crippen LogP contribution in [-0.2, 0) is 4.79 Å². The second-order valence-corrected chi connectivity index (χ2v) is 8.90. The fourth-order valence-electron chi connectivity index (χ4n) is 3.51. The van der Waals surface area contributed by atoms with Crippen molar-refractivity contribution >= 4 is 28.7 Å². The van der Waals surface area contributed by atoms with E-state index in [0.717, 1.165) is 31.3 Å². The van der Waals surface area contributed by atoms with Crippen molar-refractivity contribution in [2.75, 3.05) is 6.26 Å². The maximum absolute atomic E-state index is 12.4. The quantitative estimate of drug-likeness (QED) is 0.859. The standard InChI is InChI=1S/C19H28N4OS/c1-19(2,25-3)16(20)18(24)22-14-6-8-15(9-7-14)23-12-10-13-5-4-11-21-17(13)23/h4-5,10-12,14-16H,6-9,20H2,1-3H3,(H,22,24)/t14?,15?,16-/m1/s1. The Morgan fingerprint density at radius 2 is 2.08 bits per heavy atom. The lowest BCUT2D eigenvalue weighted by atomic mass is 9.90. The van der Waals surface area contributed by atoms with Crippen LogP contribution in [0, 0.1) is 0 Å². The molecule has 1 aliphatic rings. The van der Waals surface area contributed by atoms with Crippen molar-refractivity contribution in [3.63, 3.8) is 0 Å². The molecule has 0 aromatic carbocycles. The van der Waals surface area contributed by atoms with Crippen LogP contribution in [0.3, 0.4) is 0 Å². The number of hydrogen-bond donors (Lipinski definition) is 2. The van der Waals surface area contributed by atoms with E-state index < -0.39 is 6.04 Å². The predicted octanol–water partition coefficient (Wildman–Crippen LogP) is 3.11. The van der Waals surface area contributed by atoms with E-state index in [1.54, 1.807) is 11.8 Å². The molecule has 2 aromatic rings. The van der Waals surface area contributed by atoms with E-state index >= 15 is 0 Å². The van der Waals surface area contributed by atoms with Gasteiger partial charge in [0.15, 0.2) is 0 Å². The van der Waals surface area contributed by atoms with Gasteiger partial charge in [0.05, 0.1) is 6.04 Å². The Bertz CT molecular complexity index is 734. The average Bonchev–Trinajstić information content (AvgIpc) is 3.05. The van der Waals surface area contributed by atoms with Gasteiger partial charge >= 0.3 is 0 Å². The minimum Gasteiger partial charge on any atom is -0.352 e. The molecule has 0 aliphatic heterocycles. The molecule has 1 fully saturated rings. The van der Waals surface area contributed by atoms with Crippen LogP contribution in [0.2, 0.25) is 0 Å². The van der Waals surface area contributed by atoms with Crippen molar-refractivity contribution in [1.29, 1.82) is 0 Å². The van der Waals surface area contributed by atoms with Crippen molar-refractivity contribution < 1.29 is 4.79 Å². The number of amides is 1. The molecular formula is C19H28N4OS. The van der Waals surface area contributed by atoms with Crippen LogP contribution in [0.1, 0.15) is 45.6 Å². The highest BCUT2D eigenvalue weighted by molar-refractivity contribution is 8.00. The Balaban J connectivity index is 1.58. The van der Waals surface area contributed by atoms with Crippen molar-refractivity contribution in [3.05, 3.63) is 30.6 Å². The molecule has 1 atom stereocenters. The lowest BCUT2D eigenvalue weighted by Crippen LogP contribution is -2.54. The maximum atomic E-state index is 12.4. The highest BCUT2D eigenvalue weighted by Crippen LogP contribution is 2.31. The Morgan fingerprint density at radius 1 is 1.36 bits per heavy atom. The first-order valence-corrected chi connectivity index (χ1v) is 10.2. The van der Waals surface area contributed by atoms with E-state index in [0.29, 0.717) is 6.04 Å². The summed E-state index contributed by atoms with van der Waals surface area (Å²) in [5, 5.41) is 4.34. The summed E-state index contributed by atoms with van der Waals surface area (Å²) in [5.41, 5.74) is 7.20. The number of carbonyl (C=O) groups is 1. The molecule has 0 saturated heterocycles. The minimum atomic E-state index is -0.488.